The summed E-state index contributed by atoms with van der Waals surface area (Å²) in [5, 5.41) is 3.08. The lowest BCUT2D eigenvalue weighted by atomic mass is 9.35. The molecule has 4 aliphatic rings. The van der Waals surface area contributed by atoms with Gasteiger partial charge >= 0.3 is 0 Å². The number of hydrogen-bond acceptors (Lipinski definition) is 5. The van der Waals surface area contributed by atoms with E-state index in [4.69, 9.17) is 12.9 Å². The Hall–Kier alpha value is -7.44. The highest BCUT2D eigenvalue weighted by molar-refractivity contribution is 7.00. The van der Waals surface area contributed by atoms with Crippen molar-refractivity contribution in [3.05, 3.63) is 191 Å². The molecule has 6 heteroatoms. The third-order valence-electron chi connectivity index (χ3n) is 19.1. The second-order valence-electron chi connectivity index (χ2n) is 28.4. The van der Waals surface area contributed by atoms with Crippen LogP contribution in [0.25, 0.3) is 32.9 Å². The first kappa shape index (κ1) is 45.3. The second-order valence-corrected chi connectivity index (χ2v) is 28.4. The molecule has 0 amide bonds. The van der Waals surface area contributed by atoms with E-state index < -0.39 is 24.8 Å². The van der Waals surface area contributed by atoms with Gasteiger partial charge in [-0.1, -0.05) is 170 Å². The van der Waals surface area contributed by atoms with Crippen molar-refractivity contribution >= 4 is 107 Å². The molecule has 2 aliphatic carbocycles. The van der Waals surface area contributed by atoms with Crippen LogP contribution in [-0.2, 0) is 32.5 Å². The Morgan fingerprint density at radius 1 is 0.475 bits per heavy atom. The van der Waals surface area contributed by atoms with Gasteiger partial charge in [0.2, 0.25) is 0 Å². The lowest BCUT2D eigenvalue weighted by Gasteiger charge is -2.45. The van der Waals surface area contributed by atoms with Crippen molar-refractivity contribution in [3.8, 4) is 0 Å². The van der Waals surface area contributed by atoms with Crippen molar-refractivity contribution in [2.75, 3.05) is 14.7 Å². The molecule has 0 saturated heterocycles. The molecule has 8 aromatic carbocycles. The summed E-state index contributed by atoms with van der Waals surface area (Å²) >= 11 is 0. The van der Waals surface area contributed by atoms with Gasteiger partial charge in [0.05, 0.1) is 29.6 Å². The van der Waals surface area contributed by atoms with Crippen LogP contribution in [-0.4, -0.2) is 6.71 Å². The zero-order valence-electron chi connectivity index (χ0n) is 54.2. The molecule has 4 heterocycles. The molecule has 80 heavy (non-hydrogen) atoms. The van der Waals surface area contributed by atoms with Gasteiger partial charge in [-0.15, -0.1) is 0 Å². The van der Waals surface area contributed by atoms with E-state index in [-0.39, 0.29) is 50.3 Å². The van der Waals surface area contributed by atoms with Gasteiger partial charge in [0.25, 0.3) is 6.71 Å². The fraction of sp³-hybridized carbons (Fsp3) is 0.324. The summed E-state index contributed by atoms with van der Waals surface area (Å²) in [5.74, 6) is 0. The molecular formula is C74H76BN3O2. The van der Waals surface area contributed by atoms with Gasteiger partial charge in [-0.05, 0) is 187 Å². The first-order valence-corrected chi connectivity index (χ1v) is 29.0. The Balaban J connectivity index is 1.18. The van der Waals surface area contributed by atoms with E-state index in [1.807, 2.05) is 35.2 Å². The quantitative estimate of drug-likeness (QED) is 0.161. The molecule has 14 rings (SSSR count). The molecule has 0 fully saturated rings. The number of anilines is 9. The third-order valence-corrected chi connectivity index (χ3v) is 19.1. The highest BCUT2D eigenvalue weighted by Gasteiger charge is 2.49. The predicted molar refractivity (Wildman–Crippen MR) is 340 cm³/mol. The van der Waals surface area contributed by atoms with Crippen LogP contribution in [0.1, 0.15) is 163 Å². The van der Waals surface area contributed by atoms with Crippen LogP contribution in [0.4, 0.5) is 51.2 Å². The Morgan fingerprint density at radius 3 is 1.76 bits per heavy atom. The van der Waals surface area contributed by atoms with E-state index in [1.165, 1.54) is 33.4 Å². The molecule has 5 nitrogen and oxygen atoms in total. The van der Waals surface area contributed by atoms with E-state index in [1.54, 1.807) is 0 Å². The summed E-state index contributed by atoms with van der Waals surface area (Å²) in [7, 11) is 0. The van der Waals surface area contributed by atoms with Crippen LogP contribution in [0.2, 0.25) is 0 Å². The number of fused-ring (bicyclic) bond motifs is 11. The number of hydrogen-bond donors (Lipinski definition) is 0. The van der Waals surface area contributed by atoms with Gasteiger partial charge in [-0.2, -0.15) is 0 Å². The first-order chi connectivity index (χ1) is 40.0. The van der Waals surface area contributed by atoms with Gasteiger partial charge in [0.1, 0.15) is 11.2 Å². The van der Waals surface area contributed by atoms with E-state index in [2.05, 4.69) is 204 Å². The molecule has 2 aromatic heterocycles. The Kier molecular flexibility index (Phi) is 9.66. The van der Waals surface area contributed by atoms with Gasteiger partial charge in [0, 0.05) is 50.3 Å². The predicted octanol–water partition coefficient (Wildman–Crippen LogP) is 19.2. The van der Waals surface area contributed by atoms with Gasteiger partial charge in [0.15, 0.2) is 5.58 Å². The van der Waals surface area contributed by atoms with Crippen molar-refractivity contribution in [1.29, 1.82) is 0 Å². The summed E-state index contributed by atoms with van der Waals surface area (Å²) < 4.78 is 61.4. The van der Waals surface area contributed by atoms with E-state index in [9.17, 15) is 2.74 Å². The highest BCUT2D eigenvalue weighted by atomic mass is 16.3. The largest absolute Gasteiger partial charge is 0.468 e. The molecular weight excluding hydrogens is 974 g/mol. The van der Waals surface area contributed by atoms with Crippen LogP contribution < -0.4 is 31.3 Å². The smallest absolute Gasteiger partial charge is 0.297 e. The number of furan rings is 2. The second kappa shape index (κ2) is 17.1. The van der Waals surface area contributed by atoms with Crippen molar-refractivity contribution in [1.82, 2.24) is 0 Å². The van der Waals surface area contributed by atoms with Crippen LogP contribution in [0.3, 0.4) is 0 Å². The third kappa shape index (κ3) is 7.63. The van der Waals surface area contributed by atoms with Crippen molar-refractivity contribution < 1.29 is 15.7 Å². The summed E-state index contributed by atoms with van der Waals surface area (Å²) in [6.07, 6.45) is 4.23. The zero-order valence-corrected chi connectivity index (χ0v) is 49.2. The SMILES string of the molecule is [2H]c1c([2H])c([2H])c(N(c2ccccc2)c2cc3c4c(c2)N(c2cccc5c2oc2ccc(C(C)(C)C)cc25)c2ccc(C(C)(C)C)cc2B4c2oc4cc5c(cc4c2N3c2ccc3c(c2)C(C)(C)CCC3(C)C)C(C)(C)CCC5(C)C)c([2H])c1[2H]. The van der Waals surface area contributed by atoms with Crippen LogP contribution >= 0.6 is 0 Å². The van der Waals surface area contributed by atoms with Gasteiger partial charge in [-0.3, -0.25) is 0 Å². The fourth-order valence-corrected chi connectivity index (χ4v) is 14.1. The van der Waals surface area contributed by atoms with Crippen molar-refractivity contribution in [2.24, 2.45) is 0 Å². The standard InChI is InChI=1S/C74H76BN3O2/c1-69(2,3)45-29-33-63-52(38-45)51-26-21-27-60(67(51)79-63)78-59-32-28-46(70(4,5)6)39-58(59)75-65-61(41-50(42-62(65)78)76(47-22-17-15-18-23-47)48-24-19-16-20-25-48)77(49-30-31-54-55(40-49)72(9,10)35-34-71(54,7)8)66-53-43-56-57(44-64(53)80-68(66)75)74(13,14)37-36-73(56,11)12/h15-33,38-44H,34-37H2,1-14H3/i15D,17D,18D,22D,23D. The Labute approximate surface area is 481 Å². The molecule has 0 radical (unpaired) electrons. The van der Waals surface area contributed by atoms with Gasteiger partial charge < -0.3 is 23.5 Å². The molecule has 10 aromatic rings. The number of benzene rings is 8. The minimum atomic E-state index is -0.445. The topological polar surface area (TPSA) is 36.0 Å². The fourth-order valence-electron chi connectivity index (χ4n) is 14.1. The van der Waals surface area contributed by atoms with Crippen molar-refractivity contribution in [2.45, 2.75) is 155 Å². The number of rotatable bonds is 5. The molecule has 0 bridgehead atoms. The molecule has 2 aliphatic heterocycles. The first-order valence-electron chi connectivity index (χ1n) is 31.5. The Morgan fingerprint density at radius 2 is 1.09 bits per heavy atom. The summed E-state index contributed by atoms with van der Waals surface area (Å²) in [6.45, 7) is 32.2. The van der Waals surface area contributed by atoms with Crippen LogP contribution in [0, 0.1) is 0 Å². The monoisotopic (exact) mass is 1050 g/mol. The van der Waals surface area contributed by atoms with E-state index in [0.29, 0.717) is 11.4 Å². The van der Waals surface area contributed by atoms with E-state index in [0.717, 1.165) is 109 Å². The maximum absolute atomic E-state index is 9.71. The average Bonchev–Trinajstić information content (AvgIpc) is 1.93. The molecule has 402 valence electrons. The summed E-state index contributed by atoms with van der Waals surface area (Å²) in [5.41, 5.74) is 19.3. The Bertz CT molecular complexity index is 4470. The molecule has 0 spiro atoms. The highest BCUT2D eigenvalue weighted by Crippen LogP contribution is 2.55. The average molecular weight is 1060 g/mol. The normalized spacial score (nSPS) is 18.4. The van der Waals surface area contributed by atoms with Crippen LogP contribution in [0.5, 0.6) is 0 Å². The zero-order chi connectivity index (χ0) is 60.1. The minimum absolute atomic E-state index is 0.0402. The maximum Gasteiger partial charge on any atom is 0.297 e. The summed E-state index contributed by atoms with van der Waals surface area (Å²) in [4.78, 5) is 6.71. The van der Waals surface area contributed by atoms with Crippen LogP contribution in [0.15, 0.2) is 166 Å². The maximum atomic E-state index is 9.71. The number of nitrogens with zero attached hydrogens (tertiary/aromatic N) is 3. The van der Waals surface area contributed by atoms with Gasteiger partial charge in [-0.25, -0.2) is 0 Å². The summed E-state index contributed by atoms with van der Waals surface area (Å²) in [6, 6.07) is 44.2. The number of para-hydroxylation sites is 3. The lowest BCUT2D eigenvalue weighted by molar-refractivity contribution is 0.332. The van der Waals surface area contributed by atoms with E-state index >= 15 is 0 Å². The molecule has 0 atom stereocenters. The molecule has 0 saturated carbocycles. The molecule has 0 N–H and O–H groups in total. The lowest BCUT2D eigenvalue weighted by Crippen LogP contribution is -2.61. The molecule has 0 unspecified atom stereocenters. The van der Waals surface area contributed by atoms with Crippen molar-refractivity contribution in [3.63, 3.8) is 0 Å². The minimum Gasteiger partial charge on any atom is -0.468 e.